The molecule has 2 aliphatic rings. The van der Waals surface area contributed by atoms with E-state index in [9.17, 15) is 98.1 Å². The third kappa shape index (κ3) is 25.4. The Morgan fingerprint density at radius 1 is 0.552 bits per heavy atom. The molecule has 13 amide bonds. The van der Waals surface area contributed by atoms with Gasteiger partial charge in [0.05, 0.1) is 37.1 Å². The number of hydrogen-bond acceptors (Lipinski definition) is 20. The smallest absolute Gasteiger partial charge is 0.248 e. The average Bonchev–Trinajstić information content (AvgIpc) is 1.47. The highest BCUT2D eigenvalue weighted by molar-refractivity contribution is 6.00. The van der Waals surface area contributed by atoms with E-state index in [2.05, 4.69) is 53.2 Å². The Hall–Kier alpha value is -7.17. The number of carbonyl (C=O) groups is 13. The van der Waals surface area contributed by atoms with Crippen molar-refractivity contribution >= 4 is 76.8 Å². The van der Waals surface area contributed by atoms with Crippen LogP contribution in [0.2, 0.25) is 0 Å². The van der Waals surface area contributed by atoms with E-state index in [-0.39, 0.29) is 25.2 Å². The summed E-state index contributed by atoms with van der Waals surface area (Å²) >= 11 is 0. The SMILES string of the molecule is CCCCCC1CC(=O)NC(C(C)C)C(=O)NC(C(O)C(C)C)C(=O)NC(C)C(=O)NC(C(O)C(C)C)C(=O)NC(CCC(N)=O)C(=O)N(C)C(C(C)CC)C(=O)NC(C(O)CO)C(=O)NC(C(C)O)C(=O)N2CC(O)CC2C(=O)NC(CC(C)C)C(=O)NC(C(C)O)C(=O)N1. The summed E-state index contributed by atoms with van der Waals surface area (Å²) in [6, 6.07) is -20.1. The zero-order chi connectivity index (χ0) is 73.5. The van der Waals surface area contributed by atoms with Crippen LogP contribution in [-0.2, 0) is 62.3 Å². The van der Waals surface area contributed by atoms with Gasteiger partial charge in [-0.05, 0) is 69.6 Å². The van der Waals surface area contributed by atoms with E-state index in [0.717, 1.165) is 30.2 Å². The van der Waals surface area contributed by atoms with E-state index >= 15 is 0 Å². The summed E-state index contributed by atoms with van der Waals surface area (Å²) in [5, 5.41) is 102. The normalized spacial score (nSPS) is 29.1. The second-order valence-electron chi connectivity index (χ2n) is 27.0. The molecule has 0 aromatic heterocycles. The van der Waals surface area contributed by atoms with Gasteiger partial charge in [0.15, 0.2) is 0 Å². The Kier molecular flexibility index (Phi) is 35.3. The van der Waals surface area contributed by atoms with Crippen LogP contribution in [0.15, 0.2) is 0 Å². The van der Waals surface area contributed by atoms with Crippen LogP contribution in [-0.4, -0.2) is 252 Å². The van der Waals surface area contributed by atoms with Crippen LogP contribution in [0.25, 0.3) is 0 Å². The standard InChI is InChI=1S/C63H111N13O20/c1-16-18-19-20-36-24-43(83)69-44(29(5)6)56(89)74-48(51(84)30(7)8)59(92)65-33(12)53(86)73-49(52(85)31(9)10)60(93)67-38(21-22-42(64)82)62(95)75(15)50(32(11)17-2)61(94)72-47(41(81)27-77)58(91)71-46(35(14)79)63(96)76-26-37(80)25-40(76)55(88)68-39(23-28(3)4)54(87)70-45(34(13)78)57(90)66-36/h28-41,44-52,77-81,84-85H,16-27H2,1-15H3,(H2,64,82)(H,65,92)(H,66,90)(H,67,93)(H,68,88)(H,69,83)(H,70,87)(H,71,91)(H,72,94)(H,73,86)(H,74,89). The highest BCUT2D eigenvalue weighted by atomic mass is 16.3. The lowest BCUT2D eigenvalue weighted by atomic mass is 9.94. The zero-order valence-electron chi connectivity index (χ0n) is 58.2. The number of carbonyl (C=O) groups excluding carboxylic acids is 13. The van der Waals surface area contributed by atoms with Crippen molar-refractivity contribution in [2.75, 3.05) is 20.2 Å². The molecule has 0 aliphatic carbocycles. The summed E-state index contributed by atoms with van der Waals surface area (Å²) in [5.41, 5.74) is 5.49. The molecule has 0 saturated carbocycles. The molecular formula is C63H111N13O20. The van der Waals surface area contributed by atoms with Crippen molar-refractivity contribution in [1.82, 2.24) is 63.0 Å². The molecule has 0 aromatic carbocycles. The predicted molar refractivity (Wildman–Crippen MR) is 347 cm³/mol. The minimum atomic E-state index is -2.17. The van der Waals surface area contributed by atoms with Gasteiger partial charge in [-0.3, -0.25) is 62.3 Å². The van der Waals surface area contributed by atoms with Gasteiger partial charge < -0.3 is 104 Å². The maximum absolute atomic E-state index is 14.7. The third-order valence-electron chi connectivity index (χ3n) is 17.1. The van der Waals surface area contributed by atoms with E-state index < -0.39 is 248 Å². The lowest BCUT2D eigenvalue weighted by molar-refractivity contribution is -0.147. The fourth-order valence-electron chi connectivity index (χ4n) is 11.1. The lowest BCUT2D eigenvalue weighted by Crippen LogP contribution is -2.65. The summed E-state index contributed by atoms with van der Waals surface area (Å²) in [5.74, 6) is -17.2. The van der Waals surface area contributed by atoms with Crippen molar-refractivity contribution in [1.29, 1.82) is 0 Å². The van der Waals surface area contributed by atoms with Crippen LogP contribution >= 0.6 is 0 Å². The van der Waals surface area contributed by atoms with Gasteiger partial charge in [0.1, 0.15) is 72.6 Å². The van der Waals surface area contributed by atoms with E-state index in [1.54, 1.807) is 34.6 Å². The third-order valence-corrected chi connectivity index (χ3v) is 17.1. The number of nitrogens with two attached hydrogens (primary N) is 1. The molecule has 19 N–H and O–H groups in total. The van der Waals surface area contributed by atoms with Gasteiger partial charge in [0, 0.05) is 38.9 Å². The molecule has 19 unspecified atom stereocenters. The van der Waals surface area contributed by atoms with Crippen molar-refractivity contribution in [2.24, 2.45) is 35.3 Å². The number of nitrogens with zero attached hydrogens (tertiary/aromatic N) is 2. The zero-order valence-corrected chi connectivity index (χ0v) is 58.2. The van der Waals surface area contributed by atoms with Crippen LogP contribution in [0.4, 0.5) is 0 Å². The molecule has 2 fully saturated rings. The number of nitrogens with one attached hydrogen (secondary N) is 10. The van der Waals surface area contributed by atoms with Crippen LogP contribution in [0.3, 0.4) is 0 Å². The largest absolute Gasteiger partial charge is 0.394 e. The molecule has 33 nitrogen and oxygen atoms in total. The molecule has 2 saturated heterocycles. The first-order chi connectivity index (χ1) is 44.6. The van der Waals surface area contributed by atoms with E-state index in [4.69, 9.17) is 5.73 Å². The topological polar surface area (TPSA) is 516 Å². The van der Waals surface area contributed by atoms with E-state index in [1.165, 1.54) is 48.5 Å². The fraction of sp³-hybridized carbons (Fsp3) is 0.794. The minimum Gasteiger partial charge on any atom is -0.394 e. The molecule has 0 bridgehead atoms. The highest BCUT2D eigenvalue weighted by Crippen LogP contribution is 2.23. The van der Waals surface area contributed by atoms with Crippen LogP contribution in [0, 0.1) is 29.6 Å². The number of unbranched alkanes of at least 4 members (excludes halogenated alkanes) is 2. The molecule has 2 aliphatic heterocycles. The maximum Gasteiger partial charge on any atom is 0.248 e. The van der Waals surface area contributed by atoms with Gasteiger partial charge >= 0.3 is 0 Å². The van der Waals surface area contributed by atoms with Gasteiger partial charge in [-0.25, -0.2) is 0 Å². The Morgan fingerprint density at radius 2 is 1.04 bits per heavy atom. The number of hydrogen-bond donors (Lipinski definition) is 18. The highest BCUT2D eigenvalue weighted by Gasteiger charge is 2.47. The molecule has 0 spiro atoms. The summed E-state index contributed by atoms with van der Waals surface area (Å²) in [7, 11) is 1.13. The summed E-state index contributed by atoms with van der Waals surface area (Å²) in [6.07, 6.45) is -10.2. The molecule has 33 heteroatoms. The Bertz CT molecular complexity index is 2660. The summed E-state index contributed by atoms with van der Waals surface area (Å²) < 4.78 is 0. The van der Waals surface area contributed by atoms with Crippen molar-refractivity contribution in [3.8, 4) is 0 Å². The van der Waals surface area contributed by atoms with Gasteiger partial charge in [-0.2, -0.15) is 0 Å². The molecule has 2 rings (SSSR count). The summed E-state index contributed by atoms with van der Waals surface area (Å²) in [4.78, 5) is 186. The number of fused-ring (bicyclic) bond motifs is 1. The molecular weight excluding hydrogens is 1260 g/mol. The second-order valence-corrected chi connectivity index (χ2v) is 27.0. The van der Waals surface area contributed by atoms with Crippen molar-refractivity contribution in [3.63, 3.8) is 0 Å². The Balaban J connectivity index is 2.97. The van der Waals surface area contributed by atoms with Gasteiger partial charge in [-0.15, -0.1) is 0 Å². The molecule has 2 heterocycles. The number of aliphatic hydroxyl groups excluding tert-OH is 7. The average molecular weight is 1370 g/mol. The minimum absolute atomic E-state index is 0.0950. The van der Waals surface area contributed by atoms with Gasteiger partial charge in [0.25, 0.3) is 0 Å². The van der Waals surface area contributed by atoms with E-state index in [0.29, 0.717) is 12.8 Å². The van der Waals surface area contributed by atoms with Crippen LogP contribution in [0.1, 0.15) is 161 Å². The second kappa shape index (κ2) is 39.9. The molecule has 0 aromatic rings. The number of aliphatic hydroxyl groups is 7. The number of rotatable bonds is 20. The quantitative estimate of drug-likeness (QED) is 0.0507. The maximum atomic E-state index is 14.7. The predicted octanol–water partition coefficient (Wildman–Crippen LogP) is -5.21. The van der Waals surface area contributed by atoms with Crippen molar-refractivity contribution < 1.29 is 98.1 Å². The molecule has 0 radical (unpaired) electrons. The number of likely N-dealkylation sites (N-methyl/N-ethyl adjacent to an activating group) is 1. The first kappa shape index (κ1) is 84.9. The summed E-state index contributed by atoms with van der Waals surface area (Å²) in [6.45, 7) is 19.3. The molecule has 96 heavy (non-hydrogen) atoms. The molecule has 19 atom stereocenters. The Morgan fingerprint density at radius 3 is 1.54 bits per heavy atom. The first-order valence-electron chi connectivity index (χ1n) is 33.2. The van der Waals surface area contributed by atoms with Crippen LogP contribution in [0.5, 0.6) is 0 Å². The fourth-order valence-corrected chi connectivity index (χ4v) is 11.1. The van der Waals surface area contributed by atoms with Gasteiger partial charge in [-0.1, -0.05) is 102 Å². The molecule has 548 valence electrons. The van der Waals surface area contributed by atoms with Crippen molar-refractivity contribution in [3.05, 3.63) is 0 Å². The Labute approximate surface area is 561 Å². The number of amides is 13. The van der Waals surface area contributed by atoms with Crippen LogP contribution < -0.4 is 58.9 Å². The lowest BCUT2D eigenvalue weighted by Gasteiger charge is -2.36. The van der Waals surface area contributed by atoms with E-state index in [1.807, 2.05) is 6.92 Å². The number of primary amides is 1. The van der Waals surface area contributed by atoms with Gasteiger partial charge in [0.2, 0.25) is 76.8 Å². The van der Waals surface area contributed by atoms with Crippen molar-refractivity contribution in [2.45, 2.75) is 270 Å². The first-order valence-corrected chi connectivity index (χ1v) is 33.2. The monoisotopic (exact) mass is 1370 g/mol.